The number of carbonyl (C=O) groups is 1. The van der Waals surface area contributed by atoms with Gasteiger partial charge >= 0.3 is 0 Å². The van der Waals surface area contributed by atoms with E-state index < -0.39 is 0 Å². The summed E-state index contributed by atoms with van der Waals surface area (Å²) in [5.74, 6) is 4.49. The van der Waals surface area contributed by atoms with Gasteiger partial charge in [-0.3, -0.25) is 4.79 Å². The zero-order chi connectivity index (χ0) is 5.70. The van der Waals surface area contributed by atoms with Gasteiger partial charge in [0.05, 0.1) is 5.88 Å². The highest BCUT2D eigenvalue weighted by molar-refractivity contribution is 6.30. The summed E-state index contributed by atoms with van der Waals surface area (Å²) in [7, 11) is 0. The van der Waals surface area contributed by atoms with Gasteiger partial charge in [-0.25, -0.2) is 0 Å². The predicted octanol–water partition coefficient (Wildman–Crippen LogP) is 0.818. The molecule has 0 unspecified atom stereocenters. The van der Waals surface area contributed by atoms with Crippen molar-refractivity contribution < 1.29 is 4.79 Å². The van der Waals surface area contributed by atoms with Crippen molar-refractivity contribution in [1.82, 2.24) is 0 Å². The fourth-order valence-electron chi connectivity index (χ4n) is 0.173. The van der Waals surface area contributed by atoms with Gasteiger partial charge in [-0.15, -0.1) is 11.6 Å². The average Bonchev–Trinajstić information content (AvgIpc) is 1.68. The lowest BCUT2D eigenvalue weighted by atomic mass is 10.4. The van der Waals surface area contributed by atoms with Crippen LogP contribution in [0.1, 0.15) is 6.92 Å². The molecular formula is C5H5ClO. The van der Waals surface area contributed by atoms with Gasteiger partial charge in [-0.05, 0) is 12.8 Å². The topological polar surface area (TPSA) is 17.1 Å². The number of rotatable bonds is 1. The van der Waals surface area contributed by atoms with Crippen LogP contribution in [0.5, 0.6) is 0 Å². The molecule has 0 aliphatic heterocycles. The normalized spacial score (nSPS) is 6.57. The van der Waals surface area contributed by atoms with Gasteiger partial charge in [0.2, 0.25) is 5.78 Å². The van der Waals surface area contributed by atoms with E-state index in [9.17, 15) is 4.79 Å². The molecule has 7 heavy (non-hydrogen) atoms. The number of Topliss-reactive ketones (excluding diaryl/α,β-unsaturated/α-hetero) is 1. The number of hydrogen-bond acceptors (Lipinski definition) is 1. The fraction of sp³-hybridized carbons (Fsp3) is 0.400. The molecule has 0 fully saturated rings. The number of alkyl halides is 1. The maximum atomic E-state index is 10.1. The number of halogens is 1. The molecule has 1 nitrogen and oxygen atoms in total. The highest BCUT2D eigenvalue weighted by Gasteiger charge is 1.86. The van der Waals surface area contributed by atoms with Crippen LogP contribution in [0.15, 0.2) is 0 Å². The Morgan fingerprint density at radius 3 is 2.57 bits per heavy atom. The molecule has 0 radical (unpaired) electrons. The Labute approximate surface area is 47.7 Å². The molecular weight excluding hydrogens is 112 g/mol. The van der Waals surface area contributed by atoms with Gasteiger partial charge in [0.25, 0.3) is 0 Å². The van der Waals surface area contributed by atoms with Crippen molar-refractivity contribution in [2.24, 2.45) is 0 Å². The maximum Gasteiger partial charge on any atom is 0.220 e. The molecule has 38 valence electrons. The Bertz CT molecular complexity index is 118. The van der Waals surface area contributed by atoms with Crippen LogP contribution in [0, 0.1) is 11.8 Å². The lowest BCUT2D eigenvalue weighted by molar-refractivity contribution is -0.111. The van der Waals surface area contributed by atoms with E-state index >= 15 is 0 Å². The van der Waals surface area contributed by atoms with Crippen molar-refractivity contribution >= 4 is 17.4 Å². The predicted molar refractivity (Wildman–Crippen MR) is 29.2 cm³/mol. The zero-order valence-corrected chi connectivity index (χ0v) is 4.75. The van der Waals surface area contributed by atoms with Crippen molar-refractivity contribution in [2.45, 2.75) is 6.92 Å². The van der Waals surface area contributed by atoms with Crippen molar-refractivity contribution in [3.63, 3.8) is 0 Å². The summed E-state index contributed by atoms with van der Waals surface area (Å²) < 4.78 is 0. The molecule has 0 aromatic rings. The molecule has 0 aliphatic rings. The Kier molecular flexibility index (Phi) is 3.45. The second-order valence-electron chi connectivity index (χ2n) is 0.932. The molecule has 0 saturated carbocycles. The first-order valence-electron chi connectivity index (χ1n) is 1.82. The molecule has 0 aromatic carbocycles. The van der Waals surface area contributed by atoms with Crippen LogP contribution in [0.25, 0.3) is 0 Å². The Hall–Kier alpha value is -0.480. The summed E-state index contributed by atoms with van der Waals surface area (Å²) in [6.07, 6.45) is 0. The second-order valence-corrected chi connectivity index (χ2v) is 1.20. The molecule has 0 bridgehead atoms. The lowest BCUT2D eigenvalue weighted by Crippen LogP contribution is -1.91. The third kappa shape index (κ3) is 3.35. The summed E-state index contributed by atoms with van der Waals surface area (Å²) in [5, 5.41) is 0. The minimum Gasteiger partial charge on any atom is -0.284 e. The van der Waals surface area contributed by atoms with Gasteiger partial charge in [-0.1, -0.05) is 5.92 Å². The lowest BCUT2D eigenvalue weighted by Gasteiger charge is -1.71. The monoisotopic (exact) mass is 116 g/mol. The molecule has 0 aromatic heterocycles. The smallest absolute Gasteiger partial charge is 0.220 e. The molecule has 0 N–H and O–H groups in total. The molecule has 0 heterocycles. The Balaban J connectivity index is 3.52. The van der Waals surface area contributed by atoms with E-state index in [1.54, 1.807) is 6.92 Å². The van der Waals surface area contributed by atoms with Crippen molar-refractivity contribution in [3.05, 3.63) is 0 Å². The molecule has 0 amide bonds. The zero-order valence-electron chi connectivity index (χ0n) is 3.99. The van der Waals surface area contributed by atoms with E-state index in [2.05, 4.69) is 11.8 Å². The minimum absolute atomic E-state index is 0.000833. The number of carbonyl (C=O) groups excluding carboxylic acids is 1. The van der Waals surface area contributed by atoms with Crippen LogP contribution in [0.3, 0.4) is 0 Å². The van der Waals surface area contributed by atoms with Crippen LogP contribution < -0.4 is 0 Å². The summed E-state index contributed by atoms with van der Waals surface area (Å²) in [5.41, 5.74) is 0. The van der Waals surface area contributed by atoms with Crippen LogP contribution in [0.4, 0.5) is 0 Å². The average molecular weight is 117 g/mol. The Morgan fingerprint density at radius 1 is 1.86 bits per heavy atom. The van der Waals surface area contributed by atoms with Gasteiger partial charge in [0, 0.05) is 0 Å². The highest BCUT2D eigenvalue weighted by Crippen LogP contribution is 1.73. The molecule has 0 aliphatic carbocycles. The molecule has 0 spiro atoms. The van der Waals surface area contributed by atoms with Crippen LogP contribution in [0.2, 0.25) is 0 Å². The first-order chi connectivity index (χ1) is 3.31. The summed E-state index contributed by atoms with van der Waals surface area (Å²) in [6, 6.07) is 0. The quantitative estimate of drug-likeness (QED) is 0.282. The van der Waals surface area contributed by atoms with Crippen molar-refractivity contribution in [2.75, 3.05) is 5.88 Å². The van der Waals surface area contributed by atoms with E-state index in [0.717, 1.165) is 0 Å². The third-order valence-electron chi connectivity index (χ3n) is 0.386. The minimum atomic E-state index is -0.218. The molecule has 0 rings (SSSR count). The summed E-state index contributed by atoms with van der Waals surface area (Å²) in [6.45, 7) is 1.60. The first-order valence-corrected chi connectivity index (χ1v) is 2.36. The van der Waals surface area contributed by atoms with Crippen LogP contribution in [-0.2, 0) is 4.79 Å². The van der Waals surface area contributed by atoms with Crippen LogP contribution >= 0.6 is 11.6 Å². The first kappa shape index (κ1) is 6.52. The second kappa shape index (κ2) is 3.70. The van der Waals surface area contributed by atoms with Crippen molar-refractivity contribution in [3.8, 4) is 11.8 Å². The van der Waals surface area contributed by atoms with Gasteiger partial charge in [0.15, 0.2) is 0 Å². The molecule has 0 atom stereocenters. The third-order valence-corrected chi connectivity index (χ3v) is 0.629. The van der Waals surface area contributed by atoms with Gasteiger partial charge in [-0.2, -0.15) is 0 Å². The SMILES string of the molecule is CC#CC(=O)CCl. The standard InChI is InChI=1S/C5H5ClO/c1-2-3-5(7)4-6/h4H2,1H3. The molecule has 0 saturated heterocycles. The summed E-state index contributed by atoms with van der Waals surface area (Å²) in [4.78, 5) is 10.1. The van der Waals surface area contributed by atoms with E-state index in [1.165, 1.54) is 0 Å². The number of hydrogen-bond donors (Lipinski definition) is 0. The van der Waals surface area contributed by atoms with E-state index in [4.69, 9.17) is 11.6 Å². The molecule has 2 heteroatoms. The highest BCUT2D eigenvalue weighted by atomic mass is 35.5. The van der Waals surface area contributed by atoms with Crippen LogP contribution in [-0.4, -0.2) is 11.7 Å². The number of ketones is 1. The largest absolute Gasteiger partial charge is 0.284 e. The Morgan fingerprint density at radius 2 is 2.43 bits per heavy atom. The van der Waals surface area contributed by atoms with Gasteiger partial charge in [0.1, 0.15) is 0 Å². The van der Waals surface area contributed by atoms with E-state index in [1.807, 2.05) is 0 Å². The fourth-order valence-corrected chi connectivity index (χ4v) is 0.240. The van der Waals surface area contributed by atoms with E-state index in [-0.39, 0.29) is 11.7 Å². The summed E-state index contributed by atoms with van der Waals surface area (Å²) >= 11 is 5.08. The maximum absolute atomic E-state index is 10.1. The van der Waals surface area contributed by atoms with E-state index in [0.29, 0.717) is 0 Å². The van der Waals surface area contributed by atoms with Gasteiger partial charge < -0.3 is 0 Å². The van der Waals surface area contributed by atoms with Crippen molar-refractivity contribution in [1.29, 1.82) is 0 Å².